The summed E-state index contributed by atoms with van der Waals surface area (Å²) < 4.78 is 10.7. The van der Waals surface area contributed by atoms with Crippen molar-refractivity contribution in [3.05, 3.63) is 99.9 Å². The van der Waals surface area contributed by atoms with Gasteiger partial charge in [-0.15, -0.1) is 0 Å². The molecule has 0 fully saturated rings. The van der Waals surface area contributed by atoms with Crippen LogP contribution < -0.4 is 5.43 Å². The van der Waals surface area contributed by atoms with E-state index in [1.807, 2.05) is 30.3 Å². The molecular formula is C25H18O5. The number of benzene rings is 3. The molecule has 148 valence electrons. The lowest BCUT2D eigenvalue weighted by molar-refractivity contribution is 0.0600. The fourth-order valence-corrected chi connectivity index (χ4v) is 3.21. The predicted octanol–water partition coefficient (Wildman–Crippen LogP) is 5.12. The Morgan fingerprint density at radius 2 is 1.70 bits per heavy atom. The van der Waals surface area contributed by atoms with E-state index in [0.717, 1.165) is 11.1 Å². The van der Waals surface area contributed by atoms with Gasteiger partial charge >= 0.3 is 5.97 Å². The van der Waals surface area contributed by atoms with Crippen LogP contribution in [0.25, 0.3) is 34.2 Å². The number of esters is 1. The minimum atomic E-state index is -0.405. The number of ether oxygens (including phenoxy) is 1. The van der Waals surface area contributed by atoms with Crippen LogP contribution in [-0.2, 0) is 4.74 Å². The zero-order chi connectivity index (χ0) is 21.1. The molecule has 1 N–H and O–H groups in total. The maximum atomic E-state index is 13.2. The highest BCUT2D eigenvalue weighted by molar-refractivity contribution is 5.90. The van der Waals surface area contributed by atoms with Crippen molar-refractivity contribution in [1.29, 1.82) is 0 Å². The Morgan fingerprint density at radius 1 is 0.967 bits per heavy atom. The molecule has 0 saturated heterocycles. The van der Waals surface area contributed by atoms with Crippen molar-refractivity contribution in [2.75, 3.05) is 7.11 Å². The van der Waals surface area contributed by atoms with Crippen LogP contribution in [0.4, 0.5) is 0 Å². The number of phenolic OH excluding ortho intramolecular Hbond substituents is 1. The van der Waals surface area contributed by atoms with Gasteiger partial charge in [0.15, 0.2) is 0 Å². The van der Waals surface area contributed by atoms with Gasteiger partial charge in [0, 0.05) is 6.07 Å². The quantitative estimate of drug-likeness (QED) is 0.483. The summed E-state index contributed by atoms with van der Waals surface area (Å²) in [6, 6.07) is 20.6. The molecule has 0 aliphatic rings. The summed E-state index contributed by atoms with van der Waals surface area (Å²) >= 11 is 0. The van der Waals surface area contributed by atoms with Gasteiger partial charge in [0.1, 0.15) is 17.1 Å². The second kappa shape index (κ2) is 8.09. The van der Waals surface area contributed by atoms with Crippen LogP contribution in [0.3, 0.4) is 0 Å². The lowest BCUT2D eigenvalue weighted by Gasteiger charge is -2.08. The smallest absolute Gasteiger partial charge is 0.337 e. The minimum absolute atomic E-state index is 0.0199. The number of hydrogen-bond acceptors (Lipinski definition) is 5. The molecular weight excluding hydrogens is 380 g/mol. The number of phenols is 1. The molecule has 0 amide bonds. The van der Waals surface area contributed by atoms with E-state index in [4.69, 9.17) is 9.15 Å². The van der Waals surface area contributed by atoms with Gasteiger partial charge in [-0.3, -0.25) is 4.79 Å². The largest absolute Gasteiger partial charge is 0.508 e. The second-order valence-electron chi connectivity index (χ2n) is 6.66. The van der Waals surface area contributed by atoms with Crippen LogP contribution in [0.2, 0.25) is 0 Å². The highest BCUT2D eigenvalue weighted by Gasteiger charge is 2.15. The third-order valence-corrected chi connectivity index (χ3v) is 4.72. The Kier molecular flexibility index (Phi) is 5.18. The molecule has 1 aromatic heterocycles. The van der Waals surface area contributed by atoms with Crippen molar-refractivity contribution in [3.8, 4) is 16.9 Å². The number of rotatable bonds is 4. The molecule has 3 aromatic carbocycles. The van der Waals surface area contributed by atoms with Gasteiger partial charge in [-0.1, -0.05) is 48.5 Å². The van der Waals surface area contributed by atoms with E-state index < -0.39 is 5.97 Å². The molecule has 0 saturated carbocycles. The fourth-order valence-electron chi connectivity index (χ4n) is 3.21. The summed E-state index contributed by atoms with van der Waals surface area (Å²) in [5.74, 6) is -0.00925. The van der Waals surface area contributed by atoms with Gasteiger partial charge in [0.25, 0.3) is 0 Å². The summed E-state index contributed by atoms with van der Waals surface area (Å²) in [5, 5.41) is 10.2. The van der Waals surface area contributed by atoms with Crippen molar-refractivity contribution in [3.63, 3.8) is 0 Å². The highest BCUT2D eigenvalue weighted by Crippen LogP contribution is 2.28. The van der Waals surface area contributed by atoms with Crippen LogP contribution in [0.1, 0.15) is 21.7 Å². The fraction of sp³-hybridized carbons (Fsp3) is 0.0400. The molecule has 0 aliphatic carbocycles. The van der Waals surface area contributed by atoms with Crippen molar-refractivity contribution in [1.82, 2.24) is 0 Å². The zero-order valence-corrected chi connectivity index (χ0v) is 16.2. The van der Waals surface area contributed by atoms with Crippen molar-refractivity contribution < 1.29 is 19.1 Å². The monoisotopic (exact) mass is 398 g/mol. The molecule has 0 atom stereocenters. The van der Waals surface area contributed by atoms with E-state index in [2.05, 4.69) is 0 Å². The average molecular weight is 398 g/mol. The number of hydrogen-bond donors (Lipinski definition) is 1. The Bertz CT molecular complexity index is 1300. The van der Waals surface area contributed by atoms with Gasteiger partial charge in [0.2, 0.25) is 5.43 Å². The molecule has 30 heavy (non-hydrogen) atoms. The minimum Gasteiger partial charge on any atom is -0.508 e. The molecule has 0 unspecified atom stereocenters. The Morgan fingerprint density at radius 3 is 2.40 bits per heavy atom. The molecule has 5 nitrogen and oxygen atoms in total. The van der Waals surface area contributed by atoms with Gasteiger partial charge in [-0.05, 0) is 41.5 Å². The van der Waals surface area contributed by atoms with E-state index in [-0.39, 0.29) is 11.2 Å². The number of aromatic hydroxyl groups is 1. The standard InChI is InChI=1S/C25H18O5/c1-29-25(28)18-10-7-16(8-11-18)9-14-21-23(17-5-3-2-4-6-17)24(27)20-13-12-19(26)15-22(20)30-21/h2-15,26H,1H3. The number of carbonyl (C=O) groups excluding carboxylic acids is 1. The highest BCUT2D eigenvalue weighted by atomic mass is 16.5. The first kappa shape index (κ1) is 19.2. The summed E-state index contributed by atoms with van der Waals surface area (Å²) in [6.45, 7) is 0. The molecule has 0 aliphatic heterocycles. The maximum Gasteiger partial charge on any atom is 0.337 e. The first-order chi connectivity index (χ1) is 14.6. The zero-order valence-electron chi connectivity index (χ0n) is 16.2. The van der Waals surface area contributed by atoms with Crippen molar-refractivity contribution in [2.24, 2.45) is 0 Å². The van der Waals surface area contributed by atoms with Crippen LogP contribution in [0.15, 0.2) is 82.0 Å². The average Bonchev–Trinajstić information content (AvgIpc) is 2.78. The molecule has 0 bridgehead atoms. The Labute approximate surface area is 172 Å². The van der Waals surface area contributed by atoms with Crippen LogP contribution in [0, 0.1) is 0 Å². The number of methoxy groups -OCH3 is 1. The summed E-state index contributed by atoms with van der Waals surface area (Å²) in [7, 11) is 1.33. The summed E-state index contributed by atoms with van der Waals surface area (Å²) in [5.41, 5.74) is 2.58. The van der Waals surface area contributed by atoms with E-state index in [1.165, 1.54) is 19.2 Å². The van der Waals surface area contributed by atoms with Gasteiger partial charge in [-0.25, -0.2) is 4.79 Å². The maximum absolute atomic E-state index is 13.2. The van der Waals surface area contributed by atoms with Gasteiger partial charge in [-0.2, -0.15) is 0 Å². The van der Waals surface area contributed by atoms with E-state index in [0.29, 0.717) is 27.9 Å². The van der Waals surface area contributed by atoms with Gasteiger partial charge in [0.05, 0.1) is 23.6 Å². The Balaban J connectivity index is 1.83. The van der Waals surface area contributed by atoms with E-state index in [9.17, 15) is 14.7 Å². The predicted molar refractivity (Wildman–Crippen MR) is 116 cm³/mol. The first-order valence-electron chi connectivity index (χ1n) is 9.28. The van der Waals surface area contributed by atoms with Crippen LogP contribution >= 0.6 is 0 Å². The molecule has 5 heteroatoms. The SMILES string of the molecule is COC(=O)c1ccc(C=Cc2oc3cc(O)ccc3c(=O)c2-c2ccccc2)cc1. The molecule has 0 radical (unpaired) electrons. The molecule has 1 heterocycles. The summed E-state index contributed by atoms with van der Waals surface area (Å²) in [4.78, 5) is 24.8. The third kappa shape index (κ3) is 3.73. The lowest BCUT2D eigenvalue weighted by atomic mass is 10.0. The molecule has 0 spiro atoms. The Hall–Kier alpha value is -4.12. The second-order valence-corrected chi connectivity index (χ2v) is 6.66. The first-order valence-corrected chi connectivity index (χ1v) is 9.28. The molecule has 4 rings (SSSR count). The van der Waals surface area contributed by atoms with Crippen LogP contribution in [0.5, 0.6) is 5.75 Å². The number of fused-ring (bicyclic) bond motifs is 1. The number of carbonyl (C=O) groups is 1. The van der Waals surface area contributed by atoms with Crippen molar-refractivity contribution >= 4 is 29.1 Å². The van der Waals surface area contributed by atoms with Gasteiger partial charge < -0.3 is 14.3 Å². The topological polar surface area (TPSA) is 76.7 Å². The van der Waals surface area contributed by atoms with E-state index in [1.54, 1.807) is 42.5 Å². The third-order valence-electron chi connectivity index (χ3n) is 4.72. The lowest BCUT2D eigenvalue weighted by Crippen LogP contribution is -2.07. The summed E-state index contributed by atoms with van der Waals surface area (Å²) in [6.07, 6.45) is 3.50. The van der Waals surface area contributed by atoms with Crippen molar-refractivity contribution in [2.45, 2.75) is 0 Å². The van der Waals surface area contributed by atoms with E-state index >= 15 is 0 Å². The molecule has 4 aromatic rings. The normalized spacial score (nSPS) is 11.1. The van der Waals surface area contributed by atoms with Crippen LogP contribution in [-0.4, -0.2) is 18.2 Å².